The lowest BCUT2D eigenvalue weighted by atomic mass is 10.1. The Morgan fingerprint density at radius 2 is 1.96 bits per heavy atom. The zero-order valence-electron chi connectivity index (χ0n) is 16.4. The van der Waals surface area contributed by atoms with Crippen LogP contribution in [0.2, 0.25) is 0 Å². The predicted octanol–water partition coefficient (Wildman–Crippen LogP) is 1.55. The molecule has 0 radical (unpaired) electrons. The molecule has 1 aliphatic heterocycles. The molecule has 3 N–H and O–H groups in total. The van der Waals surface area contributed by atoms with Crippen LogP contribution in [0.5, 0.6) is 0 Å². The Labute approximate surface area is 148 Å². The van der Waals surface area contributed by atoms with E-state index in [1.807, 2.05) is 6.07 Å². The minimum Gasteiger partial charge on any atom is -0.399 e. The molecule has 0 amide bonds. The second-order valence-electron chi connectivity index (χ2n) is 8.45. The van der Waals surface area contributed by atoms with Gasteiger partial charge >= 0.3 is 0 Å². The first-order valence-electron chi connectivity index (χ1n) is 9.52. The van der Waals surface area contributed by atoms with Gasteiger partial charge in [0.05, 0.1) is 47.8 Å². The van der Waals surface area contributed by atoms with E-state index in [4.69, 9.17) is 5.73 Å². The van der Waals surface area contributed by atoms with Crippen LogP contribution < -0.4 is 15.5 Å². The molecule has 136 valence electrons. The van der Waals surface area contributed by atoms with Crippen molar-refractivity contribution >= 4 is 11.4 Å². The molecule has 1 aromatic carbocycles. The molecule has 1 aromatic rings. The first-order valence-corrected chi connectivity index (χ1v) is 9.52. The van der Waals surface area contributed by atoms with E-state index in [0.29, 0.717) is 0 Å². The molecule has 0 spiro atoms. The standard InChI is InChI=1S/C20H37N4/c1-17-15-18(9-10-20(17)21)23-13-11-19(16-23)24(4,5)14-8-6-7-12-22(2)3/h9-10,15,19H,6-8,11-14,16,21H2,1-5H3/q+1/p+1. The summed E-state index contributed by atoms with van der Waals surface area (Å²) in [5, 5.41) is 0. The lowest BCUT2D eigenvalue weighted by molar-refractivity contribution is -0.912. The molecule has 1 aliphatic rings. The van der Waals surface area contributed by atoms with E-state index in [9.17, 15) is 0 Å². The van der Waals surface area contributed by atoms with Gasteiger partial charge in [-0.2, -0.15) is 0 Å². The van der Waals surface area contributed by atoms with Gasteiger partial charge in [0.1, 0.15) is 6.04 Å². The number of anilines is 2. The molecule has 0 aromatic heterocycles. The molecule has 4 heteroatoms. The molecule has 0 bridgehead atoms. The molecular weight excluding hydrogens is 296 g/mol. The summed E-state index contributed by atoms with van der Waals surface area (Å²) in [6.45, 7) is 7.02. The SMILES string of the molecule is Cc1cc(N2CCC([N+](C)(C)CCCCC[NH+](C)C)C2)ccc1N. The lowest BCUT2D eigenvalue weighted by Crippen LogP contribution is -3.05. The van der Waals surface area contributed by atoms with Gasteiger partial charge in [-0.1, -0.05) is 0 Å². The van der Waals surface area contributed by atoms with Gasteiger partial charge in [-0.05, 0) is 49.9 Å². The van der Waals surface area contributed by atoms with Crippen LogP contribution in [0.1, 0.15) is 31.2 Å². The molecule has 2 rings (SSSR count). The van der Waals surface area contributed by atoms with Gasteiger partial charge in [0, 0.05) is 24.3 Å². The Hall–Kier alpha value is -1.26. The Morgan fingerprint density at radius 3 is 2.62 bits per heavy atom. The minimum absolute atomic E-state index is 0.738. The average molecular weight is 335 g/mol. The number of hydrogen-bond acceptors (Lipinski definition) is 2. The molecule has 1 atom stereocenters. The van der Waals surface area contributed by atoms with Gasteiger partial charge in [-0.15, -0.1) is 0 Å². The molecule has 0 saturated carbocycles. The second-order valence-corrected chi connectivity index (χ2v) is 8.45. The monoisotopic (exact) mass is 334 g/mol. The molecule has 24 heavy (non-hydrogen) atoms. The molecule has 1 unspecified atom stereocenters. The molecule has 0 aliphatic carbocycles. The molecule has 1 heterocycles. The summed E-state index contributed by atoms with van der Waals surface area (Å²) < 4.78 is 1.15. The van der Waals surface area contributed by atoms with E-state index >= 15 is 0 Å². The van der Waals surface area contributed by atoms with Crippen molar-refractivity contribution in [2.45, 2.75) is 38.6 Å². The van der Waals surface area contributed by atoms with Crippen LogP contribution in [-0.2, 0) is 0 Å². The smallest absolute Gasteiger partial charge is 0.108 e. The first kappa shape index (κ1) is 19.1. The number of nitrogens with zero attached hydrogens (tertiary/aromatic N) is 2. The number of quaternary nitrogens is 2. The Morgan fingerprint density at radius 1 is 1.21 bits per heavy atom. The minimum atomic E-state index is 0.738. The summed E-state index contributed by atoms with van der Waals surface area (Å²) in [5.74, 6) is 0. The van der Waals surface area contributed by atoms with Crippen LogP contribution in [0.15, 0.2) is 18.2 Å². The highest BCUT2D eigenvalue weighted by Gasteiger charge is 2.34. The first-order chi connectivity index (χ1) is 11.3. The third-order valence-corrected chi connectivity index (χ3v) is 5.68. The Balaban J connectivity index is 1.83. The van der Waals surface area contributed by atoms with Crippen LogP contribution in [0.4, 0.5) is 11.4 Å². The van der Waals surface area contributed by atoms with Gasteiger partial charge in [0.15, 0.2) is 0 Å². The zero-order valence-corrected chi connectivity index (χ0v) is 16.4. The van der Waals surface area contributed by atoms with E-state index < -0.39 is 0 Å². The Kier molecular flexibility index (Phi) is 6.53. The highest BCUT2D eigenvalue weighted by Crippen LogP contribution is 2.27. The number of benzene rings is 1. The molecular formula is C20H38N4+2. The van der Waals surface area contributed by atoms with Crippen LogP contribution in [0.3, 0.4) is 0 Å². The number of unbranched alkanes of at least 4 members (excludes halogenated alkanes) is 2. The van der Waals surface area contributed by atoms with Crippen molar-refractivity contribution in [3.05, 3.63) is 23.8 Å². The van der Waals surface area contributed by atoms with Crippen LogP contribution in [0.25, 0.3) is 0 Å². The summed E-state index contributed by atoms with van der Waals surface area (Å²) in [4.78, 5) is 4.10. The van der Waals surface area contributed by atoms with Crippen molar-refractivity contribution in [1.29, 1.82) is 0 Å². The van der Waals surface area contributed by atoms with Crippen LogP contribution in [-0.4, -0.2) is 64.9 Å². The van der Waals surface area contributed by atoms with Crippen LogP contribution in [0, 0.1) is 6.92 Å². The van der Waals surface area contributed by atoms with Crippen molar-refractivity contribution in [1.82, 2.24) is 0 Å². The summed E-state index contributed by atoms with van der Waals surface area (Å²) in [5.41, 5.74) is 9.37. The number of rotatable bonds is 8. The number of hydrogen-bond donors (Lipinski definition) is 2. The fourth-order valence-electron chi connectivity index (χ4n) is 3.76. The summed E-state index contributed by atoms with van der Waals surface area (Å²) >= 11 is 0. The number of aryl methyl sites for hydroxylation is 1. The fraction of sp³-hybridized carbons (Fsp3) is 0.700. The quantitative estimate of drug-likeness (QED) is 0.430. The maximum Gasteiger partial charge on any atom is 0.108 e. The summed E-state index contributed by atoms with van der Waals surface area (Å²) in [7, 11) is 9.32. The van der Waals surface area contributed by atoms with Gasteiger partial charge in [-0.3, -0.25) is 0 Å². The number of nitrogen functional groups attached to an aromatic ring is 1. The maximum absolute atomic E-state index is 5.96. The molecule has 1 saturated heterocycles. The largest absolute Gasteiger partial charge is 0.399 e. The number of nitrogens with one attached hydrogen (secondary N) is 1. The highest BCUT2D eigenvalue weighted by atomic mass is 15.4. The third kappa shape index (κ3) is 5.12. The van der Waals surface area contributed by atoms with E-state index in [2.05, 4.69) is 52.1 Å². The second kappa shape index (κ2) is 8.21. The highest BCUT2D eigenvalue weighted by molar-refractivity contribution is 5.58. The van der Waals surface area contributed by atoms with Crippen molar-refractivity contribution in [3.63, 3.8) is 0 Å². The lowest BCUT2D eigenvalue weighted by Gasteiger charge is -2.36. The van der Waals surface area contributed by atoms with E-state index in [0.717, 1.165) is 22.8 Å². The molecule has 1 fully saturated rings. The normalized spacial score (nSPS) is 18.6. The fourth-order valence-corrected chi connectivity index (χ4v) is 3.76. The topological polar surface area (TPSA) is 33.7 Å². The summed E-state index contributed by atoms with van der Waals surface area (Å²) in [6.07, 6.45) is 5.35. The van der Waals surface area contributed by atoms with Crippen molar-refractivity contribution in [2.24, 2.45) is 0 Å². The third-order valence-electron chi connectivity index (χ3n) is 5.68. The van der Waals surface area contributed by atoms with E-state index in [1.54, 1.807) is 4.90 Å². The zero-order chi connectivity index (χ0) is 17.7. The number of likely N-dealkylation sites (N-methyl/N-ethyl adjacent to an activating group) is 1. The van der Waals surface area contributed by atoms with Gasteiger partial charge in [-0.25, -0.2) is 0 Å². The average Bonchev–Trinajstić information content (AvgIpc) is 3.00. The van der Waals surface area contributed by atoms with E-state index in [1.165, 1.54) is 56.6 Å². The van der Waals surface area contributed by atoms with Crippen molar-refractivity contribution in [3.8, 4) is 0 Å². The molecule has 4 nitrogen and oxygen atoms in total. The van der Waals surface area contributed by atoms with Crippen molar-refractivity contribution in [2.75, 3.05) is 65.0 Å². The summed E-state index contributed by atoms with van der Waals surface area (Å²) in [6, 6.07) is 7.20. The number of nitrogens with two attached hydrogens (primary N) is 1. The van der Waals surface area contributed by atoms with Crippen LogP contribution >= 0.6 is 0 Å². The van der Waals surface area contributed by atoms with Gasteiger partial charge in [0.25, 0.3) is 0 Å². The van der Waals surface area contributed by atoms with E-state index in [-0.39, 0.29) is 0 Å². The Bertz CT molecular complexity index is 524. The van der Waals surface area contributed by atoms with Crippen molar-refractivity contribution < 1.29 is 9.38 Å². The maximum atomic E-state index is 5.96. The van der Waals surface area contributed by atoms with Gasteiger partial charge in [0.2, 0.25) is 0 Å². The predicted molar refractivity (Wildman–Crippen MR) is 105 cm³/mol. The van der Waals surface area contributed by atoms with Gasteiger partial charge < -0.3 is 20.0 Å².